The Hall–Kier alpha value is -3.47. The van der Waals surface area contributed by atoms with Gasteiger partial charge in [0.25, 0.3) is 0 Å². The third-order valence-corrected chi connectivity index (χ3v) is 13.4. The number of ketones is 2. The molecule has 1 N–H and O–H groups in total. The average molecular weight is 860 g/mol. The maximum atomic E-state index is 14.8. The number of cyclic esters (lactones) is 1. The highest BCUT2D eigenvalue weighted by Gasteiger charge is 2.60. The molecule has 0 aliphatic carbocycles. The zero-order valence-electron chi connectivity index (χ0n) is 37.3. The predicted octanol–water partition coefficient (Wildman–Crippen LogP) is 5.89. The van der Waals surface area contributed by atoms with Crippen LogP contribution in [0.25, 0.3) is 11.3 Å². The minimum atomic E-state index is -1.42. The van der Waals surface area contributed by atoms with Gasteiger partial charge in [0, 0.05) is 62.0 Å². The van der Waals surface area contributed by atoms with Crippen LogP contribution in [0.5, 0.6) is 0 Å². The summed E-state index contributed by atoms with van der Waals surface area (Å²) in [7, 11) is 5.24. The van der Waals surface area contributed by atoms with Crippen molar-refractivity contribution in [1.29, 1.82) is 0 Å². The number of aromatic nitrogens is 3. The fourth-order valence-corrected chi connectivity index (χ4v) is 9.79. The summed E-state index contributed by atoms with van der Waals surface area (Å²) in [5.41, 5.74) is -1.07. The molecular weight excluding hydrogens is 794 g/mol. The number of rotatable bonds is 11. The number of aliphatic hydroxyl groups excluding tert-OH is 1. The molecule has 1 amide bonds. The number of likely N-dealkylation sites (N-methyl/N-ethyl adjacent to an activating group) is 1. The number of unbranched alkanes of at least 4 members (excludes halogenated alkanes) is 1. The van der Waals surface area contributed by atoms with Crippen molar-refractivity contribution in [1.82, 2.24) is 24.3 Å². The van der Waals surface area contributed by atoms with E-state index in [1.165, 1.54) is 14.0 Å². The molecule has 3 fully saturated rings. The van der Waals surface area contributed by atoms with Crippen LogP contribution in [-0.4, -0.2) is 135 Å². The molecular formula is C44H66ClN5O10. The Kier molecular flexibility index (Phi) is 15.3. The number of aryl methyl sites for hydroxylation is 2. The van der Waals surface area contributed by atoms with E-state index in [4.69, 9.17) is 40.3 Å². The Morgan fingerprint density at radius 1 is 1.02 bits per heavy atom. The number of hydrogen-bond donors (Lipinski definition) is 1. The Labute approximate surface area is 359 Å². The standard InChI is InChI=1S/C44H66ClN5O10/c1-13-33-44(9)38(50(42(55)60-44)19-15-14-18-49-23-31(47-29(49)7)30-16-17-34(45)46-22-30)26(4)35(51)24(2)21-43(8,56-12)39(27(5)36(52)28(6)40(54)58-33)59-41-37(53)32(48(10)11)20-25(3)57-41/h16-17,22-28,32-33,37-39,41,53H,13-15,18-21H2,1-12H3/t24-,25-,26+,27+,28-,32+,33-,37-,38-,39-,41+,43+,44-/m1/s1. The average Bonchev–Trinajstić information content (AvgIpc) is 3.70. The van der Waals surface area contributed by atoms with Crippen molar-refractivity contribution in [2.75, 3.05) is 27.7 Å². The molecule has 0 aromatic carbocycles. The highest BCUT2D eigenvalue weighted by Crippen LogP contribution is 2.43. The first kappa shape index (κ1) is 47.6. The first-order chi connectivity index (χ1) is 28.2. The minimum absolute atomic E-state index is 0.122. The summed E-state index contributed by atoms with van der Waals surface area (Å²) in [5.74, 6) is -4.18. The van der Waals surface area contributed by atoms with Gasteiger partial charge in [-0.2, -0.15) is 0 Å². The number of imidazole rings is 1. The van der Waals surface area contributed by atoms with Crippen LogP contribution in [-0.2, 0) is 44.6 Å². The first-order valence-electron chi connectivity index (χ1n) is 21.3. The van der Waals surface area contributed by atoms with E-state index in [0.29, 0.717) is 31.0 Å². The summed E-state index contributed by atoms with van der Waals surface area (Å²) in [6.07, 6.45) is 0.788. The fourth-order valence-electron chi connectivity index (χ4n) is 9.67. The topological polar surface area (TPSA) is 172 Å². The molecule has 2 aromatic rings. The van der Waals surface area contributed by atoms with Crippen molar-refractivity contribution >= 4 is 35.2 Å². The van der Waals surface area contributed by atoms with E-state index in [9.17, 15) is 24.3 Å². The van der Waals surface area contributed by atoms with Gasteiger partial charge in [0.1, 0.15) is 34.9 Å². The van der Waals surface area contributed by atoms with Crippen molar-refractivity contribution in [2.45, 2.75) is 155 Å². The van der Waals surface area contributed by atoms with Crippen LogP contribution in [0, 0.1) is 30.6 Å². The molecule has 0 unspecified atom stereocenters. The van der Waals surface area contributed by atoms with Gasteiger partial charge in [-0.15, -0.1) is 0 Å². The number of ether oxygens (including phenoxy) is 5. The normalized spacial score (nSPS) is 35.9. The summed E-state index contributed by atoms with van der Waals surface area (Å²) in [6.45, 7) is 16.8. The lowest BCUT2D eigenvalue weighted by atomic mass is 9.73. The van der Waals surface area contributed by atoms with Crippen molar-refractivity contribution in [2.24, 2.45) is 23.7 Å². The van der Waals surface area contributed by atoms with E-state index >= 15 is 0 Å². The number of Topliss-reactive ketones (excluding diaryl/α,β-unsaturated/α-hetero) is 2. The van der Waals surface area contributed by atoms with Gasteiger partial charge in [-0.1, -0.05) is 39.3 Å². The van der Waals surface area contributed by atoms with E-state index in [1.807, 2.05) is 63.5 Å². The van der Waals surface area contributed by atoms with E-state index in [-0.39, 0.29) is 37.3 Å². The molecule has 2 aromatic heterocycles. The number of nitrogens with zero attached hydrogens (tertiary/aromatic N) is 5. The van der Waals surface area contributed by atoms with E-state index in [1.54, 1.807) is 44.9 Å². The monoisotopic (exact) mass is 859 g/mol. The maximum absolute atomic E-state index is 14.8. The summed E-state index contributed by atoms with van der Waals surface area (Å²) in [5, 5.41) is 11.9. The first-order valence-corrected chi connectivity index (χ1v) is 21.7. The molecule has 16 heteroatoms. The third kappa shape index (κ3) is 9.76. The number of carbonyl (C=O) groups excluding carboxylic acids is 4. The van der Waals surface area contributed by atoms with Crippen LogP contribution in [0.4, 0.5) is 4.79 Å². The fraction of sp³-hybridized carbons (Fsp3) is 0.727. The van der Waals surface area contributed by atoms with E-state index < -0.39 is 83.4 Å². The smallest absolute Gasteiger partial charge is 0.410 e. The highest BCUT2D eigenvalue weighted by atomic mass is 35.5. The van der Waals surface area contributed by atoms with Crippen LogP contribution in [0.2, 0.25) is 5.15 Å². The van der Waals surface area contributed by atoms with Crippen molar-refractivity contribution < 1.29 is 48.0 Å². The van der Waals surface area contributed by atoms with Crippen molar-refractivity contribution in [3.05, 3.63) is 35.5 Å². The molecule has 0 radical (unpaired) electrons. The molecule has 3 aliphatic rings. The third-order valence-electron chi connectivity index (χ3n) is 13.2. The zero-order chi connectivity index (χ0) is 44.4. The number of pyridine rings is 1. The van der Waals surface area contributed by atoms with Crippen LogP contribution < -0.4 is 0 Å². The summed E-state index contributed by atoms with van der Waals surface area (Å²) in [6, 6.07) is 2.50. The molecule has 5 heterocycles. The van der Waals surface area contributed by atoms with E-state index in [2.05, 4.69) is 4.98 Å². The van der Waals surface area contributed by atoms with Gasteiger partial charge in [0.15, 0.2) is 17.7 Å². The van der Waals surface area contributed by atoms with Crippen LogP contribution in [0.1, 0.15) is 93.3 Å². The molecule has 0 spiro atoms. The number of hydrogen-bond acceptors (Lipinski definition) is 13. The lowest BCUT2D eigenvalue weighted by molar-refractivity contribution is -0.295. The quantitative estimate of drug-likeness (QED) is 0.123. The van der Waals surface area contributed by atoms with Crippen molar-refractivity contribution in [3.63, 3.8) is 0 Å². The van der Waals surface area contributed by atoms with Gasteiger partial charge in [-0.3, -0.25) is 14.4 Å². The number of methoxy groups -OCH3 is 1. The lowest BCUT2D eigenvalue weighted by Gasteiger charge is -2.47. The number of esters is 1. The van der Waals surface area contributed by atoms with Gasteiger partial charge < -0.3 is 43.2 Å². The lowest BCUT2D eigenvalue weighted by Crippen LogP contribution is -2.60. The Bertz CT molecular complexity index is 1840. The number of carbonyl (C=O) groups is 4. The molecule has 13 atom stereocenters. The van der Waals surface area contributed by atoms with Gasteiger partial charge in [-0.05, 0) is 93.0 Å². The number of halogens is 1. The molecule has 0 bridgehead atoms. The Morgan fingerprint density at radius 3 is 2.32 bits per heavy atom. The molecule has 3 aliphatic heterocycles. The minimum Gasteiger partial charge on any atom is -0.458 e. The molecule has 334 valence electrons. The van der Waals surface area contributed by atoms with Crippen LogP contribution in [0.3, 0.4) is 0 Å². The van der Waals surface area contributed by atoms with Gasteiger partial charge >= 0.3 is 12.1 Å². The molecule has 5 rings (SSSR count). The molecule has 60 heavy (non-hydrogen) atoms. The highest BCUT2D eigenvalue weighted by molar-refractivity contribution is 6.29. The molecule has 0 saturated carbocycles. The van der Waals surface area contributed by atoms with Gasteiger partial charge in [0.2, 0.25) is 0 Å². The zero-order valence-corrected chi connectivity index (χ0v) is 38.1. The summed E-state index contributed by atoms with van der Waals surface area (Å²) < 4.78 is 33.3. The molecule has 15 nitrogen and oxygen atoms in total. The van der Waals surface area contributed by atoms with Crippen LogP contribution >= 0.6 is 11.6 Å². The second kappa shape index (κ2) is 19.3. The number of fused-ring (bicyclic) bond motifs is 1. The largest absolute Gasteiger partial charge is 0.458 e. The SMILES string of the molecule is CC[C@H]1OC(=O)[C@H](C)C(=O)[C@H](C)[C@@H](O[C@@H]2O[C@H](C)C[C@H](N(C)C)[C@H]2O)[C@@](C)(OC)C[C@@H](C)C(=O)[C@H](C)[C@H]2N(CCCCn3cc(-c4ccc(Cl)nc4)nc3C)C(=O)O[C@]12C. The second-order valence-electron chi connectivity index (χ2n) is 17.8. The van der Waals surface area contributed by atoms with Gasteiger partial charge in [0.05, 0.1) is 29.5 Å². The van der Waals surface area contributed by atoms with Crippen LogP contribution in [0.15, 0.2) is 24.5 Å². The summed E-state index contributed by atoms with van der Waals surface area (Å²) >= 11 is 5.98. The second-order valence-corrected chi connectivity index (χ2v) is 18.2. The molecule has 3 saturated heterocycles. The number of amides is 1. The Morgan fingerprint density at radius 2 is 1.70 bits per heavy atom. The van der Waals surface area contributed by atoms with Crippen molar-refractivity contribution in [3.8, 4) is 11.3 Å². The van der Waals surface area contributed by atoms with E-state index in [0.717, 1.165) is 17.1 Å². The maximum Gasteiger partial charge on any atom is 0.410 e. The summed E-state index contributed by atoms with van der Waals surface area (Å²) in [4.78, 5) is 69.4. The van der Waals surface area contributed by atoms with Gasteiger partial charge in [-0.25, -0.2) is 14.8 Å². The predicted molar refractivity (Wildman–Crippen MR) is 224 cm³/mol. The number of aliphatic hydroxyl groups is 1. The Balaban J connectivity index is 1.43.